The van der Waals surface area contributed by atoms with Crippen LogP contribution < -0.4 is 14.8 Å². The third-order valence-electron chi connectivity index (χ3n) is 4.34. The topological polar surface area (TPSA) is 121 Å². The highest BCUT2D eigenvalue weighted by Crippen LogP contribution is 2.23. The van der Waals surface area contributed by atoms with Crippen LogP contribution in [0, 0.1) is 12.7 Å². The minimum Gasteiger partial charge on any atom is -0.322 e. The molecule has 0 aromatic heterocycles. The molecule has 0 saturated carbocycles. The molecule has 0 radical (unpaired) electrons. The minimum atomic E-state index is -4.05. The fourth-order valence-electron chi connectivity index (χ4n) is 2.75. The Kier molecular flexibility index (Phi) is 6.51. The van der Waals surface area contributed by atoms with E-state index in [-0.39, 0.29) is 16.1 Å². The van der Waals surface area contributed by atoms with Crippen molar-refractivity contribution in [2.75, 3.05) is 21.0 Å². The van der Waals surface area contributed by atoms with Crippen molar-refractivity contribution in [3.8, 4) is 0 Å². The summed E-state index contributed by atoms with van der Waals surface area (Å²) < 4.78 is 66.2. The van der Waals surface area contributed by atoms with Crippen molar-refractivity contribution in [1.82, 2.24) is 0 Å². The van der Waals surface area contributed by atoms with Gasteiger partial charge >= 0.3 is 0 Å². The van der Waals surface area contributed by atoms with E-state index in [0.717, 1.165) is 12.3 Å². The standard InChI is InChI=1S/C21H20FN3O5S2/c1-14-7-10-16(13-20(14)24-31(2,27)28)23-21(26)15-8-11-17(12-9-15)32(29,30)25-19-6-4-3-5-18(19)22/h3-13,24-25H,1-2H3,(H,23,26). The summed E-state index contributed by atoms with van der Waals surface area (Å²) in [5.41, 5.74) is 1.33. The van der Waals surface area contributed by atoms with E-state index in [1.54, 1.807) is 19.1 Å². The number of rotatable bonds is 7. The summed E-state index contributed by atoms with van der Waals surface area (Å²) in [6.45, 7) is 1.72. The average molecular weight is 478 g/mol. The van der Waals surface area contributed by atoms with Gasteiger partial charge in [0, 0.05) is 11.3 Å². The molecule has 0 saturated heterocycles. The lowest BCUT2D eigenvalue weighted by atomic mass is 10.1. The highest BCUT2D eigenvalue weighted by atomic mass is 32.2. The summed E-state index contributed by atoms with van der Waals surface area (Å²) in [5, 5.41) is 2.63. The number of carbonyl (C=O) groups excluding carboxylic acids is 1. The van der Waals surface area contributed by atoms with E-state index in [0.29, 0.717) is 16.9 Å². The van der Waals surface area contributed by atoms with Gasteiger partial charge in [-0.05, 0) is 61.0 Å². The second-order valence-electron chi connectivity index (χ2n) is 6.97. The molecular weight excluding hydrogens is 457 g/mol. The monoisotopic (exact) mass is 477 g/mol. The van der Waals surface area contributed by atoms with E-state index >= 15 is 0 Å². The number of benzene rings is 3. The van der Waals surface area contributed by atoms with Crippen LogP contribution in [-0.4, -0.2) is 29.0 Å². The molecule has 168 valence electrons. The van der Waals surface area contributed by atoms with Crippen LogP contribution in [0.25, 0.3) is 0 Å². The normalized spacial score (nSPS) is 11.6. The molecule has 3 aromatic carbocycles. The van der Waals surface area contributed by atoms with Gasteiger partial charge < -0.3 is 5.32 Å². The van der Waals surface area contributed by atoms with Crippen LogP contribution in [0.15, 0.2) is 71.6 Å². The quantitative estimate of drug-likeness (QED) is 0.480. The number of halogens is 1. The number of amides is 1. The maximum Gasteiger partial charge on any atom is 0.261 e. The molecule has 11 heteroatoms. The predicted octanol–water partition coefficient (Wildman–Crippen LogP) is 3.56. The molecule has 1 amide bonds. The van der Waals surface area contributed by atoms with Gasteiger partial charge in [0.2, 0.25) is 10.0 Å². The molecule has 0 heterocycles. The lowest BCUT2D eigenvalue weighted by molar-refractivity contribution is 0.102. The molecule has 0 unspecified atom stereocenters. The number of nitrogens with one attached hydrogen (secondary N) is 3. The lowest BCUT2D eigenvalue weighted by Gasteiger charge is -2.12. The Morgan fingerprint density at radius 2 is 1.50 bits per heavy atom. The van der Waals surface area contributed by atoms with Gasteiger partial charge in [-0.1, -0.05) is 18.2 Å². The number of anilines is 3. The zero-order chi connectivity index (χ0) is 23.5. The summed E-state index contributed by atoms with van der Waals surface area (Å²) >= 11 is 0. The SMILES string of the molecule is Cc1ccc(NC(=O)c2ccc(S(=O)(=O)Nc3ccccc3F)cc2)cc1NS(C)(=O)=O. The first-order valence-corrected chi connectivity index (χ1v) is 12.6. The fourth-order valence-corrected chi connectivity index (χ4v) is 4.43. The van der Waals surface area contributed by atoms with Gasteiger partial charge in [-0.2, -0.15) is 0 Å². The summed E-state index contributed by atoms with van der Waals surface area (Å²) in [7, 11) is -7.54. The summed E-state index contributed by atoms with van der Waals surface area (Å²) in [6, 6.07) is 15.2. The number of hydrogen-bond acceptors (Lipinski definition) is 5. The van der Waals surface area contributed by atoms with Crippen molar-refractivity contribution in [3.05, 3.63) is 83.7 Å². The van der Waals surface area contributed by atoms with Gasteiger partial charge in [-0.25, -0.2) is 21.2 Å². The van der Waals surface area contributed by atoms with Gasteiger partial charge in [0.1, 0.15) is 5.82 Å². The zero-order valence-electron chi connectivity index (χ0n) is 17.1. The summed E-state index contributed by atoms with van der Waals surface area (Å²) in [4.78, 5) is 12.4. The molecule has 3 rings (SSSR count). The second kappa shape index (κ2) is 8.97. The van der Waals surface area contributed by atoms with E-state index in [1.165, 1.54) is 48.5 Å². The van der Waals surface area contributed by atoms with Gasteiger partial charge in [0.15, 0.2) is 0 Å². The van der Waals surface area contributed by atoms with E-state index in [2.05, 4.69) is 14.8 Å². The molecule has 0 bridgehead atoms. The number of carbonyl (C=O) groups is 1. The van der Waals surface area contributed by atoms with E-state index in [9.17, 15) is 26.0 Å². The fraction of sp³-hybridized carbons (Fsp3) is 0.0952. The van der Waals surface area contributed by atoms with Gasteiger partial charge in [-0.3, -0.25) is 14.2 Å². The molecule has 3 N–H and O–H groups in total. The van der Waals surface area contributed by atoms with Crippen LogP contribution in [0.3, 0.4) is 0 Å². The third-order valence-corrected chi connectivity index (χ3v) is 6.31. The van der Waals surface area contributed by atoms with Crippen molar-refractivity contribution >= 4 is 43.0 Å². The van der Waals surface area contributed by atoms with Gasteiger partial charge in [0.25, 0.3) is 15.9 Å². The molecule has 0 atom stereocenters. The van der Waals surface area contributed by atoms with Crippen LogP contribution in [-0.2, 0) is 20.0 Å². The Bertz CT molecular complexity index is 1370. The Balaban J connectivity index is 1.76. The Hall–Kier alpha value is -3.44. The van der Waals surface area contributed by atoms with Gasteiger partial charge in [-0.15, -0.1) is 0 Å². The molecule has 0 aliphatic carbocycles. The van der Waals surface area contributed by atoms with E-state index < -0.39 is 31.8 Å². The summed E-state index contributed by atoms with van der Waals surface area (Å²) in [6.07, 6.45) is 1.02. The number of para-hydroxylation sites is 1. The van der Waals surface area contributed by atoms with Crippen molar-refractivity contribution in [1.29, 1.82) is 0 Å². The van der Waals surface area contributed by atoms with Crippen molar-refractivity contribution in [3.63, 3.8) is 0 Å². The van der Waals surface area contributed by atoms with Crippen molar-refractivity contribution < 1.29 is 26.0 Å². The first-order chi connectivity index (χ1) is 14.9. The second-order valence-corrected chi connectivity index (χ2v) is 10.4. The van der Waals surface area contributed by atoms with Crippen LogP contribution in [0.4, 0.5) is 21.5 Å². The van der Waals surface area contributed by atoms with Gasteiger partial charge in [0.05, 0.1) is 22.5 Å². The number of sulfonamides is 2. The molecule has 0 aliphatic heterocycles. The van der Waals surface area contributed by atoms with Crippen molar-refractivity contribution in [2.24, 2.45) is 0 Å². The van der Waals surface area contributed by atoms with Crippen LogP contribution in [0.2, 0.25) is 0 Å². The maximum absolute atomic E-state index is 13.7. The highest BCUT2D eigenvalue weighted by molar-refractivity contribution is 7.92. The Morgan fingerprint density at radius 3 is 2.12 bits per heavy atom. The first kappa shape index (κ1) is 23.2. The Labute approximate surface area is 185 Å². The first-order valence-electron chi connectivity index (χ1n) is 9.22. The minimum absolute atomic E-state index is 0.146. The molecule has 0 fully saturated rings. The maximum atomic E-state index is 13.7. The van der Waals surface area contributed by atoms with Crippen LogP contribution in [0.1, 0.15) is 15.9 Å². The highest BCUT2D eigenvalue weighted by Gasteiger charge is 2.17. The Morgan fingerprint density at radius 1 is 0.844 bits per heavy atom. The largest absolute Gasteiger partial charge is 0.322 e. The van der Waals surface area contributed by atoms with E-state index in [1.807, 2.05) is 0 Å². The predicted molar refractivity (Wildman–Crippen MR) is 121 cm³/mol. The molecule has 32 heavy (non-hydrogen) atoms. The zero-order valence-corrected chi connectivity index (χ0v) is 18.7. The smallest absolute Gasteiger partial charge is 0.261 e. The average Bonchev–Trinajstić information content (AvgIpc) is 2.71. The summed E-state index contributed by atoms with van der Waals surface area (Å²) in [5.74, 6) is -1.24. The van der Waals surface area contributed by atoms with Crippen LogP contribution >= 0.6 is 0 Å². The van der Waals surface area contributed by atoms with E-state index in [4.69, 9.17) is 0 Å². The lowest BCUT2D eigenvalue weighted by Crippen LogP contribution is -2.16. The molecule has 3 aromatic rings. The number of aryl methyl sites for hydroxylation is 1. The van der Waals surface area contributed by atoms with Crippen LogP contribution in [0.5, 0.6) is 0 Å². The molecule has 0 aliphatic rings. The molecule has 0 spiro atoms. The molecule has 8 nitrogen and oxygen atoms in total. The van der Waals surface area contributed by atoms with Crippen molar-refractivity contribution in [2.45, 2.75) is 11.8 Å². The third kappa shape index (κ3) is 5.83. The molecular formula is C21H20FN3O5S2. The number of hydrogen-bond donors (Lipinski definition) is 3.